The molecule has 0 aliphatic rings. The summed E-state index contributed by atoms with van der Waals surface area (Å²) in [6.45, 7) is 2.19. The van der Waals surface area contributed by atoms with Gasteiger partial charge in [-0.1, -0.05) is 45.4 Å². The van der Waals surface area contributed by atoms with Gasteiger partial charge >= 0.3 is 0 Å². The topological polar surface area (TPSA) is 0 Å². The summed E-state index contributed by atoms with van der Waals surface area (Å²) in [6.07, 6.45) is 8.33. The van der Waals surface area contributed by atoms with Crippen molar-refractivity contribution < 1.29 is 8.78 Å². The van der Waals surface area contributed by atoms with Gasteiger partial charge in [-0.25, -0.2) is 0 Å². The first kappa shape index (κ1) is 12.6. The van der Waals surface area contributed by atoms with Crippen molar-refractivity contribution in [1.29, 1.82) is 0 Å². The van der Waals surface area contributed by atoms with Gasteiger partial charge in [0.2, 0.25) is 0 Å². The lowest BCUT2D eigenvalue weighted by Gasteiger charge is -1.98. The molecule has 2 heteroatoms. The van der Waals surface area contributed by atoms with Crippen LogP contribution in [0.3, 0.4) is 0 Å². The lowest BCUT2D eigenvalue weighted by atomic mass is 10.1. The van der Waals surface area contributed by atoms with Gasteiger partial charge in [0.1, 0.15) is 0 Å². The highest BCUT2D eigenvalue weighted by Crippen LogP contribution is 2.09. The van der Waals surface area contributed by atoms with Gasteiger partial charge in [-0.05, 0) is 18.9 Å². The highest BCUT2D eigenvalue weighted by atomic mass is 19.3. The molecule has 0 bridgehead atoms. The third-order valence-electron chi connectivity index (χ3n) is 2.11. The van der Waals surface area contributed by atoms with Crippen LogP contribution >= 0.6 is 0 Å². The molecule has 0 spiro atoms. The standard InChI is InChI=1S/C11H20F2/c1-2-3-4-5-6-7-8-9-10-11(12)13/h10H,2-9H2,1H3. The molecule has 0 heterocycles. The fourth-order valence-corrected chi connectivity index (χ4v) is 1.31. The van der Waals surface area contributed by atoms with Gasteiger partial charge in [-0.15, -0.1) is 0 Å². The van der Waals surface area contributed by atoms with E-state index in [2.05, 4.69) is 6.92 Å². The van der Waals surface area contributed by atoms with E-state index in [-0.39, 0.29) is 0 Å². The molecule has 0 nitrogen and oxygen atoms in total. The Labute approximate surface area is 80.0 Å². The molecule has 0 saturated heterocycles. The molecule has 13 heavy (non-hydrogen) atoms. The van der Waals surface area contributed by atoms with Crippen LogP contribution in [0.2, 0.25) is 0 Å². The summed E-state index contributed by atoms with van der Waals surface area (Å²) < 4.78 is 23.1. The summed E-state index contributed by atoms with van der Waals surface area (Å²) >= 11 is 0. The van der Waals surface area contributed by atoms with Crippen LogP contribution in [-0.4, -0.2) is 0 Å². The second-order valence-electron chi connectivity index (χ2n) is 3.40. The molecule has 0 aromatic carbocycles. The predicted molar refractivity (Wildman–Crippen MR) is 52.9 cm³/mol. The molecule has 0 aromatic heterocycles. The molecule has 0 N–H and O–H groups in total. The maximum atomic E-state index is 11.6. The van der Waals surface area contributed by atoms with Crippen molar-refractivity contribution >= 4 is 0 Å². The SMILES string of the molecule is CCCCCCCCCC=C(F)F. The normalized spacial score (nSPS) is 10.1. The summed E-state index contributed by atoms with van der Waals surface area (Å²) in [6, 6.07) is 0. The maximum Gasteiger partial charge on any atom is 0.266 e. The molecule has 0 aliphatic heterocycles. The fraction of sp³-hybridized carbons (Fsp3) is 0.818. The first-order valence-electron chi connectivity index (χ1n) is 5.28. The minimum absolute atomic E-state index is 0.538. The Hall–Kier alpha value is -0.400. The number of hydrogen-bond acceptors (Lipinski definition) is 0. The third-order valence-corrected chi connectivity index (χ3v) is 2.11. The van der Waals surface area contributed by atoms with Crippen LogP contribution in [0.5, 0.6) is 0 Å². The first-order valence-corrected chi connectivity index (χ1v) is 5.28. The van der Waals surface area contributed by atoms with E-state index < -0.39 is 6.08 Å². The average molecular weight is 190 g/mol. The Morgan fingerprint density at radius 2 is 1.46 bits per heavy atom. The Kier molecular flexibility index (Phi) is 9.39. The minimum Gasteiger partial charge on any atom is -0.174 e. The lowest BCUT2D eigenvalue weighted by Crippen LogP contribution is -1.79. The molecule has 0 rings (SSSR count). The van der Waals surface area contributed by atoms with Crippen LogP contribution in [-0.2, 0) is 0 Å². The average Bonchev–Trinajstić information content (AvgIpc) is 2.09. The van der Waals surface area contributed by atoms with Crippen LogP contribution in [0.1, 0.15) is 58.3 Å². The van der Waals surface area contributed by atoms with Gasteiger partial charge in [0.25, 0.3) is 6.08 Å². The third kappa shape index (κ3) is 11.6. The van der Waals surface area contributed by atoms with Gasteiger partial charge in [0, 0.05) is 0 Å². The zero-order valence-corrected chi connectivity index (χ0v) is 8.49. The van der Waals surface area contributed by atoms with Crippen LogP contribution in [0.15, 0.2) is 12.2 Å². The van der Waals surface area contributed by atoms with Crippen molar-refractivity contribution in [3.05, 3.63) is 12.2 Å². The van der Waals surface area contributed by atoms with Crippen molar-refractivity contribution in [1.82, 2.24) is 0 Å². The Balaban J connectivity index is 2.96. The monoisotopic (exact) mass is 190 g/mol. The molecule has 0 aliphatic carbocycles. The minimum atomic E-state index is -1.54. The number of hydrogen-bond donors (Lipinski definition) is 0. The van der Waals surface area contributed by atoms with E-state index in [4.69, 9.17) is 0 Å². The van der Waals surface area contributed by atoms with Crippen LogP contribution in [0, 0.1) is 0 Å². The van der Waals surface area contributed by atoms with Gasteiger partial charge in [0.15, 0.2) is 0 Å². The molecule has 0 saturated carbocycles. The van der Waals surface area contributed by atoms with Crippen LogP contribution in [0.4, 0.5) is 8.78 Å². The van der Waals surface area contributed by atoms with Gasteiger partial charge in [0.05, 0.1) is 0 Å². The van der Waals surface area contributed by atoms with E-state index in [1.807, 2.05) is 0 Å². The van der Waals surface area contributed by atoms with Crippen molar-refractivity contribution in [2.75, 3.05) is 0 Å². The zero-order chi connectivity index (χ0) is 9.94. The largest absolute Gasteiger partial charge is 0.266 e. The molecular formula is C11H20F2. The van der Waals surface area contributed by atoms with Crippen molar-refractivity contribution in [2.24, 2.45) is 0 Å². The predicted octanol–water partition coefficient (Wildman–Crippen LogP) is 4.91. The van der Waals surface area contributed by atoms with E-state index >= 15 is 0 Å². The quantitative estimate of drug-likeness (QED) is 0.477. The lowest BCUT2D eigenvalue weighted by molar-refractivity contribution is 0.416. The number of allylic oxidation sites excluding steroid dienone is 1. The Morgan fingerprint density at radius 3 is 2.00 bits per heavy atom. The van der Waals surface area contributed by atoms with Gasteiger partial charge in [-0.3, -0.25) is 0 Å². The summed E-state index contributed by atoms with van der Waals surface area (Å²) in [7, 11) is 0. The number of halogens is 2. The van der Waals surface area contributed by atoms with E-state index in [1.54, 1.807) is 0 Å². The second-order valence-corrected chi connectivity index (χ2v) is 3.40. The fourth-order valence-electron chi connectivity index (χ4n) is 1.31. The molecule has 0 fully saturated rings. The second kappa shape index (κ2) is 9.69. The van der Waals surface area contributed by atoms with Crippen molar-refractivity contribution in [3.8, 4) is 0 Å². The van der Waals surface area contributed by atoms with E-state index in [9.17, 15) is 8.78 Å². The van der Waals surface area contributed by atoms with Crippen molar-refractivity contribution in [3.63, 3.8) is 0 Å². The Bertz CT molecular complexity index is 126. The number of unbranched alkanes of at least 4 members (excludes halogenated alkanes) is 7. The molecule has 0 atom stereocenters. The summed E-state index contributed by atoms with van der Waals surface area (Å²) in [5, 5.41) is 0. The summed E-state index contributed by atoms with van der Waals surface area (Å²) in [5.74, 6) is 0. The molecule has 78 valence electrons. The van der Waals surface area contributed by atoms with Crippen LogP contribution < -0.4 is 0 Å². The summed E-state index contributed by atoms with van der Waals surface area (Å²) in [5.41, 5.74) is 0. The summed E-state index contributed by atoms with van der Waals surface area (Å²) in [4.78, 5) is 0. The zero-order valence-electron chi connectivity index (χ0n) is 8.49. The van der Waals surface area contributed by atoms with Crippen LogP contribution in [0.25, 0.3) is 0 Å². The maximum absolute atomic E-state index is 11.6. The molecule has 0 amide bonds. The van der Waals surface area contributed by atoms with E-state index in [0.29, 0.717) is 6.42 Å². The first-order chi connectivity index (χ1) is 6.27. The van der Waals surface area contributed by atoms with E-state index in [1.165, 1.54) is 32.1 Å². The highest BCUT2D eigenvalue weighted by Gasteiger charge is 1.91. The van der Waals surface area contributed by atoms with E-state index in [0.717, 1.165) is 18.9 Å². The van der Waals surface area contributed by atoms with Gasteiger partial charge in [-0.2, -0.15) is 8.78 Å². The Morgan fingerprint density at radius 1 is 0.923 bits per heavy atom. The van der Waals surface area contributed by atoms with Gasteiger partial charge < -0.3 is 0 Å². The molecule has 0 aromatic rings. The molecular weight excluding hydrogens is 170 g/mol. The number of rotatable bonds is 8. The molecule has 0 unspecified atom stereocenters. The smallest absolute Gasteiger partial charge is 0.174 e. The highest BCUT2D eigenvalue weighted by molar-refractivity contribution is 4.79. The molecule has 0 radical (unpaired) electrons. The van der Waals surface area contributed by atoms with Crippen molar-refractivity contribution in [2.45, 2.75) is 58.3 Å².